The molecule has 2 aromatic rings. The molecular weight excluding hydrogens is 392 g/mol. The molecule has 0 fully saturated rings. The van der Waals surface area contributed by atoms with Crippen LogP contribution in [0.4, 0.5) is 5.69 Å². The zero-order valence-corrected chi connectivity index (χ0v) is 17.6. The Kier molecular flexibility index (Phi) is 5.06. The molecule has 1 aliphatic carbocycles. The van der Waals surface area contributed by atoms with Crippen LogP contribution in [0.5, 0.6) is 0 Å². The molecule has 28 heavy (non-hydrogen) atoms. The summed E-state index contributed by atoms with van der Waals surface area (Å²) in [5.41, 5.74) is 9.91. The third-order valence-electron chi connectivity index (χ3n) is 5.47. The standard InChI is InChI=1S/C21H25ClN4OS/c1-20(2)10-13-3-5-15(25-18(27)17-6-4-14(22)11-24-17)9-16(13)21(12-20)7-8-28-19(23)26-21/h3-6,9,11,18,25,27H,7-8,10,12H2,1-2H3,(H2,23,26). The molecule has 0 bridgehead atoms. The van der Waals surface area contributed by atoms with Crippen LogP contribution in [0.3, 0.4) is 0 Å². The van der Waals surface area contributed by atoms with Crippen LogP contribution >= 0.6 is 23.4 Å². The Hall–Kier alpha value is -1.76. The quantitative estimate of drug-likeness (QED) is 0.643. The third-order valence-corrected chi connectivity index (χ3v) is 6.49. The van der Waals surface area contributed by atoms with Gasteiger partial charge in [-0.05, 0) is 60.1 Å². The summed E-state index contributed by atoms with van der Waals surface area (Å²) >= 11 is 7.51. The number of amidine groups is 1. The number of hydrogen-bond donors (Lipinski definition) is 3. The molecule has 0 saturated carbocycles. The number of pyridine rings is 1. The molecule has 2 aliphatic rings. The van der Waals surface area contributed by atoms with Crippen molar-refractivity contribution in [2.24, 2.45) is 16.1 Å². The fraction of sp³-hybridized carbons (Fsp3) is 0.429. The second kappa shape index (κ2) is 7.25. The van der Waals surface area contributed by atoms with Crippen molar-refractivity contribution < 1.29 is 5.11 Å². The summed E-state index contributed by atoms with van der Waals surface area (Å²) in [4.78, 5) is 9.13. The number of thioether (sulfide) groups is 1. The predicted octanol–water partition coefficient (Wildman–Crippen LogP) is 4.46. The predicted molar refractivity (Wildman–Crippen MR) is 117 cm³/mol. The Balaban J connectivity index is 1.68. The first-order valence-corrected chi connectivity index (χ1v) is 10.8. The lowest BCUT2D eigenvalue weighted by Gasteiger charge is -2.45. The maximum Gasteiger partial charge on any atom is 0.168 e. The van der Waals surface area contributed by atoms with E-state index in [9.17, 15) is 5.11 Å². The van der Waals surface area contributed by atoms with E-state index in [1.807, 2.05) is 6.07 Å². The van der Waals surface area contributed by atoms with Crippen LogP contribution in [-0.2, 0) is 12.0 Å². The van der Waals surface area contributed by atoms with Crippen LogP contribution < -0.4 is 11.1 Å². The van der Waals surface area contributed by atoms with Gasteiger partial charge in [0, 0.05) is 17.6 Å². The molecule has 2 heterocycles. The van der Waals surface area contributed by atoms with Crippen molar-refractivity contribution in [3.8, 4) is 0 Å². The number of hydrogen-bond acceptors (Lipinski definition) is 6. The van der Waals surface area contributed by atoms with Crippen molar-refractivity contribution in [2.45, 2.75) is 44.9 Å². The van der Waals surface area contributed by atoms with Crippen LogP contribution in [0, 0.1) is 5.41 Å². The Morgan fingerprint density at radius 2 is 2.11 bits per heavy atom. The lowest BCUT2D eigenvalue weighted by atomic mass is 9.64. The molecule has 7 heteroatoms. The van der Waals surface area contributed by atoms with E-state index < -0.39 is 6.23 Å². The molecule has 0 amide bonds. The van der Waals surface area contributed by atoms with Gasteiger partial charge in [-0.1, -0.05) is 43.3 Å². The smallest absolute Gasteiger partial charge is 0.168 e. The van der Waals surface area contributed by atoms with Gasteiger partial charge in [-0.15, -0.1) is 0 Å². The zero-order chi connectivity index (χ0) is 19.9. The number of aliphatic imine (C=N–C) groups is 1. The molecular formula is C21H25ClN4OS. The second-order valence-corrected chi connectivity index (χ2v) is 9.97. The number of nitrogens with zero attached hydrogens (tertiary/aromatic N) is 2. The van der Waals surface area contributed by atoms with Crippen molar-refractivity contribution in [3.63, 3.8) is 0 Å². The first-order chi connectivity index (χ1) is 13.3. The first kappa shape index (κ1) is 19.6. The topological polar surface area (TPSA) is 83.5 Å². The highest BCUT2D eigenvalue weighted by atomic mass is 35.5. The fourth-order valence-electron chi connectivity index (χ4n) is 4.45. The summed E-state index contributed by atoms with van der Waals surface area (Å²) in [6, 6.07) is 9.71. The normalized spacial score (nSPS) is 24.4. The summed E-state index contributed by atoms with van der Waals surface area (Å²) in [7, 11) is 0. The van der Waals surface area contributed by atoms with E-state index >= 15 is 0 Å². The van der Waals surface area contributed by atoms with E-state index in [1.54, 1.807) is 23.9 Å². The monoisotopic (exact) mass is 416 g/mol. The van der Waals surface area contributed by atoms with E-state index in [1.165, 1.54) is 17.3 Å². The Labute approximate surface area is 174 Å². The summed E-state index contributed by atoms with van der Waals surface area (Å²) in [6.45, 7) is 4.60. The molecule has 1 spiro atoms. The first-order valence-electron chi connectivity index (χ1n) is 9.44. The lowest BCUT2D eigenvalue weighted by molar-refractivity contribution is 0.201. The number of halogens is 1. The maximum atomic E-state index is 10.5. The summed E-state index contributed by atoms with van der Waals surface area (Å²) in [5.74, 6) is 0.972. The van der Waals surface area contributed by atoms with E-state index in [-0.39, 0.29) is 11.0 Å². The van der Waals surface area contributed by atoms with Gasteiger partial charge in [-0.3, -0.25) is 9.98 Å². The Morgan fingerprint density at radius 3 is 2.82 bits per heavy atom. The van der Waals surface area contributed by atoms with Crippen LogP contribution in [0.15, 0.2) is 41.5 Å². The minimum Gasteiger partial charge on any atom is -0.379 e. The average molecular weight is 417 g/mol. The average Bonchev–Trinajstić information content (AvgIpc) is 2.62. The molecule has 4 N–H and O–H groups in total. The lowest BCUT2D eigenvalue weighted by Crippen LogP contribution is -2.41. The van der Waals surface area contributed by atoms with E-state index in [0.717, 1.165) is 30.7 Å². The van der Waals surface area contributed by atoms with Gasteiger partial charge < -0.3 is 16.2 Å². The minimum absolute atomic E-state index is 0.167. The molecule has 0 radical (unpaired) electrons. The van der Waals surface area contributed by atoms with Gasteiger partial charge in [0.05, 0.1) is 16.3 Å². The molecule has 2 atom stereocenters. The Bertz CT molecular complexity index is 915. The number of fused-ring (bicyclic) bond motifs is 2. The zero-order valence-electron chi connectivity index (χ0n) is 16.1. The summed E-state index contributed by atoms with van der Waals surface area (Å²) in [5, 5.41) is 14.9. The molecule has 4 rings (SSSR count). The second-order valence-electron chi connectivity index (χ2n) is 8.42. The van der Waals surface area contributed by atoms with Crippen molar-refractivity contribution in [3.05, 3.63) is 58.4 Å². The molecule has 2 unspecified atom stereocenters. The van der Waals surface area contributed by atoms with Crippen LogP contribution in [0.25, 0.3) is 0 Å². The highest BCUT2D eigenvalue weighted by Gasteiger charge is 2.45. The van der Waals surface area contributed by atoms with Crippen molar-refractivity contribution in [1.82, 2.24) is 4.98 Å². The van der Waals surface area contributed by atoms with E-state index in [2.05, 4.69) is 36.3 Å². The van der Waals surface area contributed by atoms with Crippen LogP contribution in [-0.4, -0.2) is 21.0 Å². The number of aliphatic hydroxyl groups is 1. The molecule has 1 aromatic carbocycles. The van der Waals surface area contributed by atoms with Gasteiger partial charge in [0.2, 0.25) is 0 Å². The fourth-order valence-corrected chi connectivity index (χ4v) is 5.45. The number of rotatable bonds is 3. The maximum absolute atomic E-state index is 10.5. The van der Waals surface area contributed by atoms with Crippen molar-refractivity contribution >= 4 is 34.2 Å². The number of anilines is 1. The van der Waals surface area contributed by atoms with Gasteiger partial charge >= 0.3 is 0 Å². The molecule has 0 saturated heterocycles. The van der Waals surface area contributed by atoms with Gasteiger partial charge in [-0.2, -0.15) is 0 Å². The number of aliphatic hydroxyl groups excluding tert-OH is 1. The highest BCUT2D eigenvalue weighted by molar-refractivity contribution is 8.13. The summed E-state index contributed by atoms with van der Waals surface area (Å²) in [6.07, 6.45) is 3.57. The SMILES string of the molecule is CC1(C)Cc2ccc(NC(O)c3ccc(Cl)cn3)cc2C2(CCSC(N)=N2)C1. The molecule has 1 aliphatic heterocycles. The largest absolute Gasteiger partial charge is 0.379 e. The van der Waals surface area contributed by atoms with Crippen LogP contribution in [0.1, 0.15) is 49.7 Å². The van der Waals surface area contributed by atoms with Crippen molar-refractivity contribution in [2.75, 3.05) is 11.1 Å². The highest BCUT2D eigenvalue weighted by Crippen LogP contribution is 2.51. The number of nitrogens with two attached hydrogens (primary N) is 1. The summed E-state index contributed by atoms with van der Waals surface area (Å²) < 4.78 is 0. The molecule has 1 aromatic heterocycles. The Morgan fingerprint density at radius 1 is 1.29 bits per heavy atom. The van der Waals surface area contributed by atoms with Crippen LogP contribution in [0.2, 0.25) is 5.02 Å². The number of nitrogens with one attached hydrogen (secondary N) is 1. The van der Waals surface area contributed by atoms with E-state index in [0.29, 0.717) is 15.9 Å². The van der Waals surface area contributed by atoms with Gasteiger partial charge in [0.15, 0.2) is 11.4 Å². The van der Waals surface area contributed by atoms with Gasteiger partial charge in [0.25, 0.3) is 0 Å². The third kappa shape index (κ3) is 3.86. The molecule has 148 valence electrons. The number of aromatic nitrogens is 1. The number of benzene rings is 1. The minimum atomic E-state index is -0.915. The van der Waals surface area contributed by atoms with Gasteiger partial charge in [0.1, 0.15) is 0 Å². The molecule has 5 nitrogen and oxygen atoms in total. The van der Waals surface area contributed by atoms with Gasteiger partial charge in [-0.25, -0.2) is 0 Å². The van der Waals surface area contributed by atoms with Crippen molar-refractivity contribution in [1.29, 1.82) is 0 Å². The van der Waals surface area contributed by atoms with E-state index in [4.69, 9.17) is 22.3 Å².